The third-order valence-corrected chi connectivity index (χ3v) is 5.60. The lowest BCUT2D eigenvalue weighted by molar-refractivity contribution is 0.0930. The van der Waals surface area contributed by atoms with Crippen LogP contribution >= 0.6 is 11.3 Å². The second-order valence-corrected chi connectivity index (χ2v) is 7.42. The Morgan fingerprint density at radius 2 is 2.19 bits per heavy atom. The van der Waals surface area contributed by atoms with Crippen LogP contribution in [0, 0.1) is 12.7 Å². The van der Waals surface area contributed by atoms with Crippen LogP contribution in [0.1, 0.15) is 50.6 Å². The Labute approximate surface area is 154 Å². The van der Waals surface area contributed by atoms with Crippen molar-refractivity contribution in [2.75, 3.05) is 0 Å². The first-order chi connectivity index (χ1) is 12.6. The Kier molecular flexibility index (Phi) is 4.50. The van der Waals surface area contributed by atoms with Crippen LogP contribution in [0.2, 0.25) is 0 Å². The van der Waals surface area contributed by atoms with Crippen LogP contribution in [0.5, 0.6) is 0 Å². The molecule has 1 N–H and O–H groups in total. The summed E-state index contributed by atoms with van der Waals surface area (Å²) in [7, 11) is 0. The number of hydrogen-bond acceptors (Lipinski definition) is 5. The molecule has 4 rings (SSSR count). The first-order valence-corrected chi connectivity index (χ1v) is 9.31. The molecule has 1 aliphatic heterocycles. The molecular weight excluding hydrogens is 353 g/mol. The molecule has 0 radical (unpaired) electrons. The number of hydrogen-bond donors (Lipinski definition) is 1. The zero-order valence-electron chi connectivity index (χ0n) is 14.3. The van der Waals surface area contributed by atoms with Gasteiger partial charge in [-0.05, 0) is 37.5 Å². The van der Waals surface area contributed by atoms with Gasteiger partial charge in [-0.3, -0.25) is 4.79 Å². The van der Waals surface area contributed by atoms with Crippen LogP contribution in [0.15, 0.2) is 30.6 Å². The molecule has 1 atom stereocenters. The fraction of sp³-hybridized carbons (Fsp3) is 0.333. The topological polar surface area (TPSA) is 72.7 Å². The van der Waals surface area contributed by atoms with E-state index in [0.29, 0.717) is 17.0 Å². The second kappa shape index (κ2) is 6.95. The molecule has 1 aliphatic rings. The number of nitrogens with zero attached hydrogens (tertiary/aromatic N) is 4. The van der Waals surface area contributed by atoms with Gasteiger partial charge in [0, 0.05) is 13.0 Å². The van der Waals surface area contributed by atoms with Gasteiger partial charge >= 0.3 is 0 Å². The van der Waals surface area contributed by atoms with Gasteiger partial charge in [-0.25, -0.2) is 19.0 Å². The predicted molar refractivity (Wildman–Crippen MR) is 95.5 cm³/mol. The maximum absolute atomic E-state index is 13.0. The lowest BCUT2D eigenvalue weighted by Crippen LogP contribution is -2.33. The standard InChI is InChI=1S/C18H18FN5OS/c1-11-16(26-15(22-11)9-12-4-6-13(19)7-5-12)18(25)23-14-3-2-8-24-17(14)20-10-21-24/h4-7,10,14H,2-3,8-9H2,1H3,(H,23,25). The Morgan fingerprint density at radius 3 is 3.00 bits per heavy atom. The number of carbonyl (C=O) groups is 1. The normalized spacial score (nSPS) is 16.3. The van der Waals surface area contributed by atoms with E-state index in [0.717, 1.165) is 35.8 Å². The summed E-state index contributed by atoms with van der Waals surface area (Å²) in [6.45, 7) is 2.67. The van der Waals surface area contributed by atoms with E-state index in [4.69, 9.17) is 0 Å². The van der Waals surface area contributed by atoms with Crippen molar-refractivity contribution < 1.29 is 9.18 Å². The minimum Gasteiger partial charge on any atom is -0.341 e. The molecule has 3 heterocycles. The quantitative estimate of drug-likeness (QED) is 0.765. The molecule has 0 fully saturated rings. The van der Waals surface area contributed by atoms with Crippen molar-refractivity contribution in [1.29, 1.82) is 0 Å². The van der Waals surface area contributed by atoms with Gasteiger partial charge < -0.3 is 5.32 Å². The smallest absolute Gasteiger partial charge is 0.263 e. The van der Waals surface area contributed by atoms with E-state index in [1.807, 2.05) is 11.6 Å². The fourth-order valence-corrected chi connectivity index (χ4v) is 4.17. The van der Waals surface area contributed by atoms with Gasteiger partial charge in [-0.2, -0.15) is 5.10 Å². The second-order valence-electron chi connectivity index (χ2n) is 6.34. The molecule has 8 heteroatoms. The number of rotatable bonds is 4. The molecule has 0 spiro atoms. The van der Waals surface area contributed by atoms with E-state index in [1.54, 1.807) is 12.1 Å². The zero-order valence-corrected chi connectivity index (χ0v) is 15.1. The molecule has 3 aromatic rings. The minimum absolute atomic E-state index is 0.124. The highest BCUT2D eigenvalue weighted by atomic mass is 32.1. The number of benzene rings is 1. The third kappa shape index (κ3) is 3.37. The van der Waals surface area contributed by atoms with Gasteiger partial charge in [-0.1, -0.05) is 12.1 Å². The number of fused-ring (bicyclic) bond motifs is 1. The summed E-state index contributed by atoms with van der Waals surface area (Å²) >= 11 is 1.38. The third-order valence-electron chi connectivity index (χ3n) is 4.44. The number of halogens is 1. The summed E-state index contributed by atoms with van der Waals surface area (Å²) in [6.07, 6.45) is 3.92. The molecule has 0 saturated heterocycles. The predicted octanol–water partition coefficient (Wildman–Crippen LogP) is 3.04. The van der Waals surface area contributed by atoms with E-state index < -0.39 is 0 Å². The molecule has 0 saturated carbocycles. The number of thiazole rings is 1. The van der Waals surface area contributed by atoms with Gasteiger partial charge in [0.25, 0.3) is 5.91 Å². The summed E-state index contributed by atoms with van der Waals surface area (Å²) < 4.78 is 14.9. The summed E-state index contributed by atoms with van der Waals surface area (Å²) in [5, 5.41) is 8.08. The minimum atomic E-state index is -0.260. The van der Waals surface area contributed by atoms with Crippen molar-refractivity contribution in [1.82, 2.24) is 25.1 Å². The highest BCUT2D eigenvalue weighted by Gasteiger charge is 2.26. The number of amides is 1. The fourth-order valence-electron chi connectivity index (χ4n) is 3.17. The van der Waals surface area contributed by atoms with Crippen molar-refractivity contribution in [2.45, 2.75) is 38.8 Å². The highest BCUT2D eigenvalue weighted by Crippen LogP contribution is 2.25. The van der Waals surface area contributed by atoms with Crippen molar-refractivity contribution in [3.8, 4) is 0 Å². The van der Waals surface area contributed by atoms with E-state index in [2.05, 4.69) is 20.4 Å². The summed E-state index contributed by atoms with van der Waals surface area (Å²) in [4.78, 5) is 22.1. The monoisotopic (exact) mass is 371 g/mol. The van der Waals surface area contributed by atoms with Crippen LogP contribution in [-0.2, 0) is 13.0 Å². The van der Waals surface area contributed by atoms with Gasteiger partial charge in [-0.15, -0.1) is 11.3 Å². The number of aryl methyl sites for hydroxylation is 2. The van der Waals surface area contributed by atoms with E-state index in [1.165, 1.54) is 29.8 Å². The largest absolute Gasteiger partial charge is 0.341 e. The van der Waals surface area contributed by atoms with Gasteiger partial charge in [0.2, 0.25) is 0 Å². The van der Waals surface area contributed by atoms with Gasteiger partial charge in [0.1, 0.15) is 22.8 Å². The molecule has 134 valence electrons. The summed E-state index contributed by atoms with van der Waals surface area (Å²) in [6, 6.07) is 6.22. The number of nitrogens with one attached hydrogen (secondary N) is 1. The SMILES string of the molecule is Cc1nc(Cc2ccc(F)cc2)sc1C(=O)NC1CCCn2ncnc21. The lowest BCUT2D eigenvalue weighted by Gasteiger charge is -2.22. The first kappa shape index (κ1) is 16.8. The average Bonchev–Trinajstić information content (AvgIpc) is 3.24. The molecular formula is C18H18FN5OS. The first-order valence-electron chi connectivity index (χ1n) is 8.49. The maximum atomic E-state index is 13.0. The Hall–Kier alpha value is -2.61. The van der Waals surface area contributed by atoms with Gasteiger partial charge in [0.15, 0.2) is 0 Å². The van der Waals surface area contributed by atoms with Crippen LogP contribution in [0.3, 0.4) is 0 Å². The molecule has 1 aromatic carbocycles. The van der Waals surface area contributed by atoms with Crippen molar-refractivity contribution in [3.63, 3.8) is 0 Å². The molecule has 26 heavy (non-hydrogen) atoms. The zero-order chi connectivity index (χ0) is 18.1. The van der Waals surface area contributed by atoms with E-state index in [9.17, 15) is 9.18 Å². The molecule has 0 aliphatic carbocycles. The van der Waals surface area contributed by atoms with Crippen LogP contribution in [-0.4, -0.2) is 25.7 Å². The maximum Gasteiger partial charge on any atom is 0.263 e. The van der Waals surface area contributed by atoms with Crippen LogP contribution in [0.25, 0.3) is 0 Å². The summed E-state index contributed by atoms with van der Waals surface area (Å²) in [5.41, 5.74) is 1.68. The highest BCUT2D eigenvalue weighted by molar-refractivity contribution is 7.13. The molecule has 2 aromatic heterocycles. The van der Waals surface area contributed by atoms with E-state index >= 15 is 0 Å². The van der Waals surface area contributed by atoms with E-state index in [-0.39, 0.29) is 17.8 Å². The van der Waals surface area contributed by atoms with Crippen molar-refractivity contribution >= 4 is 17.2 Å². The Balaban J connectivity index is 1.49. The Morgan fingerprint density at radius 1 is 1.38 bits per heavy atom. The molecule has 1 unspecified atom stereocenters. The molecule has 6 nitrogen and oxygen atoms in total. The van der Waals surface area contributed by atoms with Crippen molar-refractivity contribution in [3.05, 3.63) is 63.4 Å². The summed E-state index contributed by atoms with van der Waals surface area (Å²) in [5.74, 6) is 0.412. The lowest BCUT2D eigenvalue weighted by atomic mass is 10.1. The van der Waals surface area contributed by atoms with Crippen LogP contribution < -0.4 is 5.32 Å². The average molecular weight is 371 g/mol. The number of aromatic nitrogens is 4. The molecule has 0 bridgehead atoms. The molecule has 1 amide bonds. The van der Waals surface area contributed by atoms with Crippen molar-refractivity contribution in [2.24, 2.45) is 0 Å². The van der Waals surface area contributed by atoms with Gasteiger partial charge in [0.05, 0.1) is 16.7 Å². The number of carbonyl (C=O) groups excluding carboxylic acids is 1. The van der Waals surface area contributed by atoms with Crippen LogP contribution in [0.4, 0.5) is 4.39 Å². The Bertz CT molecular complexity index is 933.